The minimum absolute atomic E-state index is 0.0469. The predicted molar refractivity (Wildman–Crippen MR) is 106 cm³/mol. The summed E-state index contributed by atoms with van der Waals surface area (Å²) in [7, 11) is -3.11. The van der Waals surface area contributed by atoms with Crippen molar-refractivity contribution in [2.45, 2.75) is 45.4 Å². The van der Waals surface area contributed by atoms with Crippen molar-refractivity contribution in [1.29, 1.82) is 0 Å². The molecule has 0 aliphatic carbocycles. The maximum absolute atomic E-state index is 12.5. The molecule has 2 rings (SSSR count). The lowest BCUT2D eigenvalue weighted by molar-refractivity contribution is 0.0863. The lowest BCUT2D eigenvalue weighted by Crippen LogP contribution is -2.49. The first kappa shape index (κ1) is 20.9. The molecule has 1 amide bonds. The monoisotopic (exact) mass is 380 g/mol. The van der Waals surface area contributed by atoms with Crippen molar-refractivity contribution in [3.05, 3.63) is 35.4 Å². The molecule has 1 N–H and O–H groups in total. The van der Waals surface area contributed by atoms with Gasteiger partial charge >= 0.3 is 0 Å². The molecule has 26 heavy (non-hydrogen) atoms. The number of piperidine rings is 1. The van der Waals surface area contributed by atoms with Gasteiger partial charge in [0.05, 0.1) is 5.75 Å². The van der Waals surface area contributed by atoms with Crippen LogP contribution in [0.3, 0.4) is 0 Å². The van der Waals surface area contributed by atoms with Crippen LogP contribution in [0, 0.1) is 11.8 Å². The fourth-order valence-electron chi connectivity index (χ4n) is 3.55. The van der Waals surface area contributed by atoms with E-state index in [1.54, 1.807) is 24.3 Å². The zero-order valence-corrected chi connectivity index (χ0v) is 17.2. The van der Waals surface area contributed by atoms with Gasteiger partial charge < -0.3 is 5.32 Å². The van der Waals surface area contributed by atoms with Gasteiger partial charge in [-0.2, -0.15) is 0 Å². The zero-order chi connectivity index (χ0) is 19.3. The van der Waals surface area contributed by atoms with Crippen LogP contribution in [0.2, 0.25) is 0 Å². The molecule has 6 heteroatoms. The Balaban J connectivity index is 1.98. The van der Waals surface area contributed by atoms with Gasteiger partial charge in [-0.3, -0.25) is 9.69 Å². The lowest BCUT2D eigenvalue weighted by atomic mass is 9.94. The summed E-state index contributed by atoms with van der Waals surface area (Å²) in [6.45, 7) is 9.48. The average molecular weight is 381 g/mol. The van der Waals surface area contributed by atoms with E-state index in [0.717, 1.165) is 19.0 Å². The Hall–Kier alpha value is -1.40. The summed E-state index contributed by atoms with van der Waals surface area (Å²) >= 11 is 0. The number of benzene rings is 1. The van der Waals surface area contributed by atoms with Crippen LogP contribution >= 0.6 is 0 Å². The second-order valence-electron chi connectivity index (χ2n) is 8.01. The number of carbonyl (C=O) groups is 1. The van der Waals surface area contributed by atoms with E-state index in [0.29, 0.717) is 29.6 Å². The van der Waals surface area contributed by atoms with E-state index in [2.05, 4.69) is 31.0 Å². The molecular formula is C20H32N2O3S. The number of nitrogens with zero attached hydrogens (tertiary/aromatic N) is 1. The number of hydrogen-bond acceptors (Lipinski definition) is 4. The van der Waals surface area contributed by atoms with Gasteiger partial charge in [0.25, 0.3) is 5.91 Å². The van der Waals surface area contributed by atoms with Crippen molar-refractivity contribution >= 4 is 15.7 Å². The molecule has 0 aromatic heterocycles. The molecule has 0 spiro atoms. The zero-order valence-electron chi connectivity index (χ0n) is 16.4. The molecule has 1 atom stereocenters. The van der Waals surface area contributed by atoms with Crippen molar-refractivity contribution < 1.29 is 13.2 Å². The van der Waals surface area contributed by atoms with Crippen molar-refractivity contribution in [1.82, 2.24) is 10.2 Å². The van der Waals surface area contributed by atoms with Crippen LogP contribution in [-0.2, 0) is 15.6 Å². The normalized spacial score (nSPS) is 18.0. The quantitative estimate of drug-likeness (QED) is 0.790. The van der Waals surface area contributed by atoms with Crippen LogP contribution in [0.25, 0.3) is 0 Å². The number of hydrogen-bond donors (Lipinski definition) is 1. The number of sulfone groups is 1. The number of nitrogens with one attached hydrogen (secondary N) is 1. The van der Waals surface area contributed by atoms with E-state index in [9.17, 15) is 13.2 Å². The predicted octanol–water partition coefficient (Wildman–Crippen LogP) is 2.72. The Kier molecular flexibility index (Phi) is 7.24. The highest BCUT2D eigenvalue weighted by molar-refractivity contribution is 7.89. The highest BCUT2D eigenvalue weighted by atomic mass is 32.2. The van der Waals surface area contributed by atoms with Gasteiger partial charge in [-0.15, -0.1) is 0 Å². The van der Waals surface area contributed by atoms with E-state index in [4.69, 9.17) is 0 Å². The second-order valence-corrected chi connectivity index (χ2v) is 10.2. The standard InChI is InChI=1S/C20H32N2O3S/c1-15(2)19(22-10-8-16(3)9-11-22)13-21-20(23)18-7-5-6-17(12-18)14-26(4,24)25/h5-7,12,15-16,19H,8-11,13-14H2,1-4H3,(H,21,23). The third-order valence-corrected chi connectivity index (χ3v) is 6.00. The number of amides is 1. The second kappa shape index (κ2) is 9.00. The highest BCUT2D eigenvalue weighted by Crippen LogP contribution is 2.21. The van der Waals surface area contributed by atoms with Crippen LogP contribution < -0.4 is 5.32 Å². The Bertz CT molecular complexity index is 708. The first-order valence-corrected chi connectivity index (χ1v) is 11.5. The Labute approximate surface area is 158 Å². The van der Waals surface area contributed by atoms with Crippen LogP contribution in [0.1, 0.15) is 49.5 Å². The molecule has 1 aromatic rings. The first-order chi connectivity index (χ1) is 12.2. The van der Waals surface area contributed by atoms with E-state index in [1.165, 1.54) is 19.1 Å². The van der Waals surface area contributed by atoms with Crippen molar-refractivity contribution in [2.75, 3.05) is 25.9 Å². The molecule has 1 aromatic carbocycles. The highest BCUT2D eigenvalue weighted by Gasteiger charge is 2.26. The fraction of sp³-hybridized carbons (Fsp3) is 0.650. The maximum Gasteiger partial charge on any atom is 0.251 e. The van der Waals surface area contributed by atoms with Crippen molar-refractivity contribution in [3.63, 3.8) is 0 Å². The minimum atomic E-state index is -3.11. The van der Waals surface area contributed by atoms with Crippen LogP contribution in [-0.4, -0.2) is 51.2 Å². The summed E-state index contributed by atoms with van der Waals surface area (Å²) in [4.78, 5) is 15.0. The summed E-state index contributed by atoms with van der Waals surface area (Å²) < 4.78 is 22.9. The molecule has 0 bridgehead atoms. The molecule has 1 aliphatic heterocycles. The van der Waals surface area contributed by atoms with Crippen molar-refractivity contribution in [3.8, 4) is 0 Å². The molecular weight excluding hydrogens is 348 g/mol. The van der Waals surface area contributed by atoms with E-state index < -0.39 is 9.84 Å². The van der Waals surface area contributed by atoms with Gasteiger partial charge in [0, 0.05) is 24.4 Å². The van der Waals surface area contributed by atoms with E-state index >= 15 is 0 Å². The fourth-order valence-corrected chi connectivity index (χ4v) is 4.34. The molecule has 0 radical (unpaired) electrons. The van der Waals surface area contributed by atoms with Gasteiger partial charge in [-0.25, -0.2) is 8.42 Å². The van der Waals surface area contributed by atoms with Crippen LogP contribution in [0.5, 0.6) is 0 Å². The molecule has 0 saturated carbocycles. The molecule has 1 saturated heterocycles. The van der Waals surface area contributed by atoms with Gasteiger partial charge in [0.2, 0.25) is 0 Å². The third-order valence-electron chi connectivity index (χ3n) is 5.15. The van der Waals surface area contributed by atoms with Gasteiger partial charge in [-0.05, 0) is 55.5 Å². The average Bonchev–Trinajstić information content (AvgIpc) is 2.55. The molecule has 5 nitrogen and oxygen atoms in total. The first-order valence-electron chi connectivity index (χ1n) is 9.44. The molecule has 1 heterocycles. The van der Waals surface area contributed by atoms with Gasteiger partial charge in [-0.1, -0.05) is 32.9 Å². The van der Waals surface area contributed by atoms with Crippen molar-refractivity contribution in [2.24, 2.45) is 11.8 Å². The molecule has 1 fully saturated rings. The number of likely N-dealkylation sites (tertiary alicyclic amines) is 1. The number of rotatable bonds is 7. The summed E-state index contributed by atoms with van der Waals surface area (Å²) in [5.74, 6) is 1.05. The summed E-state index contributed by atoms with van der Waals surface area (Å²) in [5.41, 5.74) is 1.16. The third kappa shape index (κ3) is 6.40. The summed E-state index contributed by atoms with van der Waals surface area (Å²) in [6.07, 6.45) is 3.63. The largest absolute Gasteiger partial charge is 0.350 e. The Morgan fingerprint density at radius 1 is 1.27 bits per heavy atom. The van der Waals surface area contributed by atoms with E-state index in [1.807, 2.05) is 0 Å². The van der Waals surface area contributed by atoms with E-state index in [-0.39, 0.29) is 11.7 Å². The summed E-state index contributed by atoms with van der Waals surface area (Å²) in [6, 6.07) is 7.20. The maximum atomic E-state index is 12.5. The van der Waals surface area contributed by atoms with Gasteiger partial charge in [0.15, 0.2) is 9.84 Å². The molecule has 146 valence electrons. The van der Waals surface area contributed by atoms with Crippen LogP contribution in [0.15, 0.2) is 24.3 Å². The number of carbonyl (C=O) groups excluding carboxylic acids is 1. The molecule has 1 aliphatic rings. The van der Waals surface area contributed by atoms with Gasteiger partial charge in [0.1, 0.15) is 0 Å². The Morgan fingerprint density at radius 2 is 1.92 bits per heavy atom. The molecule has 1 unspecified atom stereocenters. The lowest BCUT2D eigenvalue weighted by Gasteiger charge is -2.38. The smallest absolute Gasteiger partial charge is 0.251 e. The Morgan fingerprint density at radius 3 is 2.50 bits per heavy atom. The topological polar surface area (TPSA) is 66.5 Å². The SMILES string of the molecule is CC1CCN(C(CNC(=O)c2cccc(CS(C)(=O)=O)c2)C(C)C)CC1. The minimum Gasteiger partial charge on any atom is -0.350 e. The summed E-state index contributed by atoms with van der Waals surface area (Å²) in [5, 5.41) is 3.05. The van der Waals surface area contributed by atoms with Crippen LogP contribution in [0.4, 0.5) is 0 Å².